The molecule has 0 aliphatic rings. The minimum absolute atomic E-state index is 0.387. The topological polar surface area (TPSA) is 55.6 Å². The smallest absolute Gasteiger partial charge is 0.163 e. The van der Waals surface area contributed by atoms with Gasteiger partial charge in [-0.3, -0.25) is 4.68 Å². The van der Waals surface area contributed by atoms with Crippen molar-refractivity contribution in [2.24, 2.45) is 13.0 Å². The van der Waals surface area contributed by atoms with Gasteiger partial charge < -0.3 is 5.32 Å². The van der Waals surface area contributed by atoms with E-state index in [1.165, 1.54) is 0 Å². The van der Waals surface area contributed by atoms with E-state index in [0.29, 0.717) is 12.0 Å². The second kappa shape index (κ2) is 4.69. The lowest BCUT2D eigenvalue weighted by Crippen LogP contribution is -2.23. The molecular formula is C12H19N5. The molecular weight excluding hydrogens is 214 g/mol. The Morgan fingerprint density at radius 3 is 2.82 bits per heavy atom. The lowest BCUT2D eigenvalue weighted by molar-refractivity contribution is 0.494. The normalized spacial score (nSPS) is 14.8. The summed E-state index contributed by atoms with van der Waals surface area (Å²) in [5, 5.41) is 8.62. The number of hydrogen-bond donors (Lipinski definition) is 1. The first-order valence-corrected chi connectivity index (χ1v) is 6.02. The molecule has 2 aromatic heterocycles. The largest absolute Gasteiger partial charge is 0.367 e. The lowest BCUT2D eigenvalue weighted by atomic mass is 10.0. The maximum atomic E-state index is 4.30. The minimum atomic E-state index is 0.387. The summed E-state index contributed by atoms with van der Waals surface area (Å²) in [5.74, 6) is 1.48. The summed E-state index contributed by atoms with van der Waals surface area (Å²) in [4.78, 5) is 8.52. The van der Waals surface area contributed by atoms with Crippen LogP contribution in [-0.2, 0) is 7.05 Å². The standard InChI is InChI=1S/C12H19N5/c1-5-8(2)9(3)16-11-10-6-15-17(4)12(10)14-7-13-11/h6-9H,5H2,1-4H3,(H,13,14,16)/t8-,9+/m1/s1. The van der Waals surface area contributed by atoms with Gasteiger partial charge in [0.2, 0.25) is 0 Å². The first-order chi connectivity index (χ1) is 8.13. The van der Waals surface area contributed by atoms with Gasteiger partial charge in [0.1, 0.15) is 12.1 Å². The number of aryl methyl sites for hydroxylation is 1. The Hall–Kier alpha value is -1.65. The second-order valence-electron chi connectivity index (χ2n) is 4.55. The van der Waals surface area contributed by atoms with Crippen molar-refractivity contribution in [1.82, 2.24) is 19.7 Å². The fourth-order valence-corrected chi connectivity index (χ4v) is 1.79. The zero-order valence-corrected chi connectivity index (χ0v) is 10.8. The fourth-order valence-electron chi connectivity index (χ4n) is 1.79. The second-order valence-corrected chi connectivity index (χ2v) is 4.55. The van der Waals surface area contributed by atoms with Crippen LogP contribution in [0.15, 0.2) is 12.5 Å². The first-order valence-electron chi connectivity index (χ1n) is 6.02. The van der Waals surface area contributed by atoms with Crippen molar-refractivity contribution >= 4 is 16.9 Å². The molecule has 2 heterocycles. The quantitative estimate of drug-likeness (QED) is 0.879. The van der Waals surface area contributed by atoms with Crippen molar-refractivity contribution in [2.45, 2.75) is 33.2 Å². The minimum Gasteiger partial charge on any atom is -0.367 e. The van der Waals surface area contributed by atoms with Gasteiger partial charge in [-0.1, -0.05) is 20.3 Å². The molecule has 0 saturated carbocycles. The van der Waals surface area contributed by atoms with Crippen molar-refractivity contribution < 1.29 is 0 Å². The number of nitrogens with one attached hydrogen (secondary N) is 1. The number of nitrogens with zero attached hydrogens (tertiary/aromatic N) is 4. The molecule has 92 valence electrons. The monoisotopic (exact) mass is 233 g/mol. The van der Waals surface area contributed by atoms with Crippen molar-refractivity contribution in [3.05, 3.63) is 12.5 Å². The predicted molar refractivity (Wildman–Crippen MR) is 68.8 cm³/mol. The third-order valence-corrected chi connectivity index (χ3v) is 3.39. The molecule has 0 radical (unpaired) electrons. The van der Waals surface area contributed by atoms with E-state index in [9.17, 15) is 0 Å². The van der Waals surface area contributed by atoms with E-state index < -0.39 is 0 Å². The van der Waals surface area contributed by atoms with E-state index in [-0.39, 0.29) is 0 Å². The maximum Gasteiger partial charge on any atom is 0.163 e. The van der Waals surface area contributed by atoms with Crippen molar-refractivity contribution in [3.63, 3.8) is 0 Å². The Kier molecular flexibility index (Phi) is 3.26. The molecule has 5 heteroatoms. The highest BCUT2D eigenvalue weighted by atomic mass is 15.3. The van der Waals surface area contributed by atoms with Crippen LogP contribution < -0.4 is 5.32 Å². The summed E-state index contributed by atoms with van der Waals surface area (Å²) in [5.41, 5.74) is 0.860. The van der Waals surface area contributed by atoms with Crippen LogP contribution in [0, 0.1) is 5.92 Å². The maximum absolute atomic E-state index is 4.30. The molecule has 0 unspecified atom stereocenters. The summed E-state index contributed by atoms with van der Waals surface area (Å²) in [7, 11) is 1.89. The predicted octanol–water partition coefficient (Wildman–Crippen LogP) is 2.21. The molecule has 0 aromatic carbocycles. The Balaban J connectivity index is 2.30. The van der Waals surface area contributed by atoms with Gasteiger partial charge in [-0.25, -0.2) is 9.97 Å². The Labute approximate surface area is 101 Å². The van der Waals surface area contributed by atoms with Gasteiger partial charge in [-0.15, -0.1) is 0 Å². The Bertz CT molecular complexity index is 505. The summed E-state index contributed by atoms with van der Waals surface area (Å²) < 4.78 is 1.76. The lowest BCUT2D eigenvalue weighted by Gasteiger charge is -2.20. The summed E-state index contributed by atoms with van der Waals surface area (Å²) >= 11 is 0. The third kappa shape index (κ3) is 2.23. The van der Waals surface area contributed by atoms with Gasteiger partial charge in [0.05, 0.1) is 11.6 Å². The van der Waals surface area contributed by atoms with Crippen LogP contribution in [0.3, 0.4) is 0 Å². The molecule has 0 fully saturated rings. The van der Waals surface area contributed by atoms with Crippen LogP contribution in [0.1, 0.15) is 27.2 Å². The number of rotatable bonds is 4. The van der Waals surface area contributed by atoms with Gasteiger partial charge >= 0.3 is 0 Å². The van der Waals surface area contributed by atoms with E-state index in [4.69, 9.17) is 0 Å². The number of hydrogen-bond acceptors (Lipinski definition) is 4. The van der Waals surface area contributed by atoms with Gasteiger partial charge in [0, 0.05) is 13.1 Å². The van der Waals surface area contributed by atoms with Crippen molar-refractivity contribution in [3.8, 4) is 0 Å². The molecule has 0 spiro atoms. The van der Waals surface area contributed by atoms with E-state index in [1.54, 1.807) is 17.2 Å². The number of anilines is 1. The van der Waals surface area contributed by atoms with Crippen LogP contribution in [0.5, 0.6) is 0 Å². The highest BCUT2D eigenvalue weighted by Crippen LogP contribution is 2.20. The van der Waals surface area contributed by atoms with E-state index >= 15 is 0 Å². The van der Waals surface area contributed by atoms with Crippen molar-refractivity contribution in [2.75, 3.05) is 5.32 Å². The highest BCUT2D eigenvalue weighted by molar-refractivity contribution is 5.86. The summed E-state index contributed by atoms with van der Waals surface area (Å²) in [6.07, 6.45) is 4.53. The molecule has 17 heavy (non-hydrogen) atoms. The molecule has 0 saturated heterocycles. The molecule has 0 aliphatic carbocycles. The van der Waals surface area contributed by atoms with E-state index in [0.717, 1.165) is 23.3 Å². The van der Waals surface area contributed by atoms with E-state index in [1.807, 2.05) is 7.05 Å². The number of fused-ring (bicyclic) bond motifs is 1. The van der Waals surface area contributed by atoms with Crippen LogP contribution in [0.25, 0.3) is 11.0 Å². The average molecular weight is 233 g/mol. The van der Waals surface area contributed by atoms with Crippen LogP contribution in [0.4, 0.5) is 5.82 Å². The van der Waals surface area contributed by atoms with Crippen molar-refractivity contribution in [1.29, 1.82) is 0 Å². The van der Waals surface area contributed by atoms with Crippen LogP contribution in [-0.4, -0.2) is 25.8 Å². The summed E-state index contributed by atoms with van der Waals surface area (Å²) in [6, 6.07) is 0.387. The first kappa shape index (κ1) is 11.8. The van der Waals surface area contributed by atoms with Crippen LogP contribution in [0.2, 0.25) is 0 Å². The molecule has 2 atom stereocenters. The zero-order valence-electron chi connectivity index (χ0n) is 10.8. The summed E-state index contributed by atoms with van der Waals surface area (Å²) in [6.45, 7) is 6.61. The average Bonchev–Trinajstić information content (AvgIpc) is 2.71. The zero-order chi connectivity index (χ0) is 12.4. The Morgan fingerprint density at radius 1 is 1.35 bits per heavy atom. The molecule has 1 N–H and O–H groups in total. The molecule has 2 rings (SSSR count). The molecule has 2 aromatic rings. The van der Waals surface area contributed by atoms with Gasteiger partial charge in [0.25, 0.3) is 0 Å². The van der Waals surface area contributed by atoms with Crippen LogP contribution >= 0.6 is 0 Å². The fraction of sp³-hybridized carbons (Fsp3) is 0.583. The van der Waals surface area contributed by atoms with Gasteiger partial charge in [-0.05, 0) is 12.8 Å². The molecule has 0 aliphatic heterocycles. The molecule has 5 nitrogen and oxygen atoms in total. The number of aromatic nitrogens is 4. The van der Waals surface area contributed by atoms with Gasteiger partial charge in [0.15, 0.2) is 5.65 Å². The SMILES string of the molecule is CC[C@@H](C)[C@H](C)Nc1ncnc2c1cnn2C. The van der Waals surface area contributed by atoms with E-state index in [2.05, 4.69) is 41.2 Å². The molecule has 0 amide bonds. The molecule has 0 bridgehead atoms. The highest BCUT2D eigenvalue weighted by Gasteiger charge is 2.13. The van der Waals surface area contributed by atoms with Gasteiger partial charge in [-0.2, -0.15) is 5.10 Å². The Morgan fingerprint density at radius 2 is 2.12 bits per heavy atom. The third-order valence-electron chi connectivity index (χ3n) is 3.39.